The molecule has 0 saturated heterocycles. The van der Waals surface area contributed by atoms with Crippen molar-refractivity contribution in [3.63, 3.8) is 0 Å². The van der Waals surface area contributed by atoms with Crippen LogP contribution in [0.1, 0.15) is 25.0 Å². The van der Waals surface area contributed by atoms with Crippen molar-refractivity contribution in [3.8, 4) is 39.1 Å². The molecule has 0 aliphatic heterocycles. The lowest BCUT2D eigenvalue weighted by Gasteiger charge is -2.30. The van der Waals surface area contributed by atoms with Gasteiger partial charge in [-0.25, -0.2) is 0 Å². The van der Waals surface area contributed by atoms with Gasteiger partial charge in [0.2, 0.25) is 0 Å². The van der Waals surface area contributed by atoms with E-state index >= 15 is 0 Å². The van der Waals surface area contributed by atoms with E-state index in [4.69, 9.17) is 0 Å². The lowest BCUT2D eigenvalue weighted by molar-refractivity contribution is 0.660. The lowest BCUT2D eigenvalue weighted by Crippen LogP contribution is -2.16. The SMILES string of the molecule is CC1(C)c2ccccc2-c2ccc(N(c3ccc(-c4ccc5c(c4)c4ccccc4n5-c4cc(Br)cc(Br)c4)cc3)c3ccccc3-c3ccccc3)cc21. The summed E-state index contributed by atoms with van der Waals surface area (Å²) in [5.41, 5.74) is 16.9. The van der Waals surface area contributed by atoms with Gasteiger partial charge in [-0.05, 0) is 106 Å². The summed E-state index contributed by atoms with van der Waals surface area (Å²) in [5, 5.41) is 2.46. The Morgan fingerprint density at radius 3 is 1.85 bits per heavy atom. The summed E-state index contributed by atoms with van der Waals surface area (Å²) in [6, 6.07) is 66.4. The van der Waals surface area contributed by atoms with Gasteiger partial charge >= 0.3 is 0 Å². The molecular formula is C51H36Br2N2. The van der Waals surface area contributed by atoms with E-state index in [0.717, 1.165) is 31.7 Å². The van der Waals surface area contributed by atoms with E-state index in [2.05, 4.69) is 237 Å². The second-order valence-corrected chi connectivity index (χ2v) is 16.7. The first-order chi connectivity index (χ1) is 26.8. The first-order valence-electron chi connectivity index (χ1n) is 18.6. The second kappa shape index (κ2) is 13.3. The van der Waals surface area contributed by atoms with Crippen LogP contribution >= 0.6 is 31.9 Å². The van der Waals surface area contributed by atoms with E-state index in [0.29, 0.717) is 0 Å². The maximum absolute atomic E-state index is 3.71. The minimum absolute atomic E-state index is 0.105. The fraction of sp³-hybridized carbons (Fsp3) is 0.0588. The largest absolute Gasteiger partial charge is 0.310 e. The molecule has 1 heterocycles. The molecule has 0 fully saturated rings. The number of hydrogen-bond donors (Lipinski definition) is 0. The Kier molecular flexibility index (Phi) is 8.16. The molecule has 0 spiro atoms. The normalized spacial score (nSPS) is 12.9. The minimum Gasteiger partial charge on any atom is -0.310 e. The first kappa shape index (κ1) is 33.9. The molecule has 10 rings (SSSR count). The van der Waals surface area contributed by atoms with Crippen molar-refractivity contribution in [2.45, 2.75) is 19.3 Å². The maximum atomic E-state index is 3.71. The number of benzene rings is 8. The Morgan fingerprint density at radius 2 is 1.05 bits per heavy atom. The molecule has 0 radical (unpaired) electrons. The van der Waals surface area contributed by atoms with Crippen molar-refractivity contribution in [3.05, 3.63) is 202 Å². The van der Waals surface area contributed by atoms with Crippen LogP contribution in [-0.2, 0) is 5.41 Å². The van der Waals surface area contributed by atoms with E-state index in [1.54, 1.807) is 0 Å². The standard InChI is InChI=1S/C51H36Br2N2/c1-51(2)46-17-9-6-15-42(46)43-26-25-39(32-47(43)51)54(48-18-10-7-14-41(48)34-12-4-3-5-13-34)38-23-20-33(21-24-38)35-22-27-50-45(28-35)44-16-8-11-19-49(44)55(50)40-30-36(52)29-37(53)31-40/h3-32H,1-2H3. The van der Waals surface area contributed by atoms with Gasteiger partial charge in [0.15, 0.2) is 0 Å². The summed E-state index contributed by atoms with van der Waals surface area (Å²) in [5.74, 6) is 0. The van der Waals surface area contributed by atoms with Crippen molar-refractivity contribution in [1.29, 1.82) is 0 Å². The fourth-order valence-corrected chi connectivity index (χ4v) is 9.96. The molecule has 1 aliphatic rings. The summed E-state index contributed by atoms with van der Waals surface area (Å²) < 4.78 is 4.42. The summed E-state index contributed by atoms with van der Waals surface area (Å²) in [6.45, 7) is 4.70. The van der Waals surface area contributed by atoms with Crippen LogP contribution in [0.4, 0.5) is 17.1 Å². The molecule has 0 N–H and O–H groups in total. The fourth-order valence-electron chi connectivity index (χ4n) is 8.69. The van der Waals surface area contributed by atoms with E-state index in [1.807, 2.05) is 0 Å². The van der Waals surface area contributed by atoms with E-state index in [1.165, 1.54) is 66.3 Å². The number of anilines is 3. The minimum atomic E-state index is -0.105. The Labute approximate surface area is 338 Å². The topological polar surface area (TPSA) is 8.17 Å². The predicted molar refractivity (Wildman–Crippen MR) is 239 cm³/mol. The number of fused-ring (bicyclic) bond motifs is 6. The molecule has 8 aromatic carbocycles. The van der Waals surface area contributed by atoms with Crippen LogP contribution in [-0.4, -0.2) is 4.57 Å². The zero-order valence-electron chi connectivity index (χ0n) is 30.5. The summed E-state index contributed by atoms with van der Waals surface area (Å²) in [4.78, 5) is 2.43. The number of para-hydroxylation sites is 2. The molecule has 4 heteroatoms. The number of halogens is 2. The molecule has 55 heavy (non-hydrogen) atoms. The lowest BCUT2D eigenvalue weighted by atomic mass is 9.82. The maximum Gasteiger partial charge on any atom is 0.0541 e. The molecule has 9 aromatic rings. The van der Waals surface area contributed by atoms with Crippen LogP contribution < -0.4 is 4.90 Å². The van der Waals surface area contributed by atoms with Crippen LogP contribution in [0, 0.1) is 0 Å². The van der Waals surface area contributed by atoms with Gasteiger partial charge in [0.05, 0.1) is 16.7 Å². The van der Waals surface area contributed by atoms with Gasteiger partial charge in [0.25, 0.3) is 0 Å². The van der Waals surface area contributed by atoms with Crippen molar-refractivity contribution in [2.24, 2.45) is 0 Å². The second-order valence-electron chi connectivity index (χ2n) is 14.9. The van der Waals surface area contributed by atoms with E-state index in [9.17, 15) is 0 Å². The zero-order valence-corrected chi connectivity index (χ0v) is 33.6. The third kappa shape index (κ3) is 5.66. The number of nitrogens with zero attached hydrogens (tertiary/aromatic N) is 2. The molecule has 0 bridgehead atoms. The Balaban J connectivity index is 1.10. The number of aromatic nitrogens is 1. The third-order valence-corrected chi connectivity index (χ3v) is 12.2. The average molecular weight is 837 g/mol. The van der Waals surface area contributed by atoms with Crippen molar-refractivity contribution < 1.29 is 0 Å². The van der Waals surface area contributed by atoms with Gasteiger partial charge in [-0.1, -0.05) is 161 Å². The summed E-state index contributed by atoms with van der Waals surface area (Å²) >= 11 is 7.42. The summed E-state index contributed by atoms with van der Waals surface area (Å²) in [7, 11) is 0. The smallest absolute Gasteiger partial charge is 0.0541 e. The van der Waals surface area contributed by atoms with E-state index in [-0.39, 0.29) is 5.41 Å². The van der Waals surface area contributed by atoms with Crippen molar-refractivity contribution in [1.82, 2.24) is 4.57 Å². The van der Waals surface area contributed by atoms with Crippen LogP contribution in [0.2, 0.25) is 0 Å². The van der Waals surface area contributed by atoms with Crippen LogP contribution in [0.3, 0.4) is 0 Å². The summed E-state index contributed by atoms with van der Waals surface area (Å²) in [6.07, 6.45) is 0. The highest BCUT2D eigenvalue weighted by atomic mass is 79.9. The molecule has 0 unspecified atom stereocenters. The van der Waals surface area contributed by atoms with Crippen LogP contribution in [0.5, 0.6) is 0 Å². The molecule has 1 aliphatic carbocycles. The number of rotatable bonds is 6. The molecule has 0 amide bonds. The van der Waals surface area contributed by atoms with Gasteiger partial charge in [-0.2, -0.15) is 0 Å². The van der Waals surface area contributed by atoms with Gasteiger partial charge in [-0.3, -0.25) is 0 Å². The van der Waals surface area contributed by atoms with Crippen LogP contribution in [0.15, 0.2) is 191 Å². The van der Waals surface area contributed by atoms with E-state index < -0.39 is 0 Å². The monoisotopic (exact) mass is 834 g/mol. The van der Waals surface area contributed by atoms with Gasteiger partial charge in [0.1, 0.15) is 0 Å². The van der Waals surface area contributed by atoms with Gasteiger partial charge < -0.3 is 9.47 Å². The third-order valence-electron chi connectivity index (χ3n) is 11.3. The zero-order chi connectivity index (χ0) is 37.3. The number of hydrogen-bond acceptors (Lipinski definition) is 1. The van der Waals surface area contributed by atoms with Crippen molar-refractivity contribution in [2.75, 3.05) is 4.90 Å². The predicted octanol–water partition coefficient (Wildman–Crippen LogP) is 15.4. The quantitative estimate of drug-likeness (QED) is 0.162. The molecule has 264 valence electrons. The van der Waals surface area contributed by atoms with Gasteiger partial charge in [0, 0.05) is 47.8 Å². The van der Waals surface area contributed by atoms with Gasteiger partial charge in [-0.15, -0.1) is 0 Å². The Hall–Kier alpha value is -5.68. The molecule has 0 atom stereocenters. The van der Waals surface area contributed by atoms with Crippen molar-refractivity contribution >= 4 is 70.7 Å². The highest BCUT2D eigenvalue weighted by Crippen LogP contribution is 2.51. The molecular weight excluding hydrogens is 800 g/mol. The molecule has 1 aromatic heterocycles. The first-order valence-corrected chi connectivity index (χ1v) is 20.2. The average Bonchev–Trinajstić information content (AvgIpc) is 3.66. The highest BCUT2D eigenvalue weighted by Gasteiger charge is 2.36. The molecule has 0 saturated carbocycles. The van der Waals surface area contributed by atoms with Crippen LogP contribution in [0.25, 0.3) is 60.9 Å². The highest BCUT2D eigenvalue weighted by molar-refractivity contribution is 9.11. The Bertz CT molecular complexity index is 2900. The Morgan fingerprint density at radius 1 is 0.436 bits per heavy atom. The molecule has 2 nitrogen and oxygen atoms in total.